The molecule has 88 valence electrons. The third-order valence-electron chi connectivity index (χ3n) is 2.96. The van der Waals surface area contributed by atoms with Crippen molar-refractivity contribution in [3.63, 3.8) is 0 Å². The number of nitrogens with zero attached hydrogens (tertiary/aromatic N) is 2. The average Bonchev–Trinajstić information content (AvgIpc) is 2.76. The topological polar surface area (TPSA) is 70.3 Å². The summed E-state index contributed by atoms with van der Waals surface area (Å²) in [5.41, 5.74) is 5.69. The maximum atomic E-state index is 5.79. The van der Waals surface area contributed by atoms with E-state index in [0.717, 1.165) is 12.8 Å². The standard InChI is InChI=1S/C11H17N3O2/c1-15-10-6-13-7-11(14-10)16-9-4-2-3-8(9)5-12/h6-9H,2-5,12H2,1H3. The van der Waals surface area contributed by atoms with Crippen LogP contribution in [-0.2, 0) is 0 Å². The molecule has 2 atom stereocenters. The molecule has 1 saturated carbocycles. The zero-order valence-corrected chi connectivity index (χ0v) is 9.43. The van der Waals surface area contributed by atoms with E-state index in [0.29, 0.717) is 24.2 Å². The number of hydrogen-bond acceptors (Lipinski definition) is 5. The van der Waals surface area contributed by atoms with E-state index in [1.807, 2.05) is 0 Å². The summed E-state index contributed by atoms with van der Waals surface area (Å²) in [6.45, 7) is 0.669. The van der Waals surface area contributed by atoms with Crippen LogP contribution >= 0.6 is 0 Å². The highest BCUT2D eigenvalue weighted by Gasteiger charge is 2.28. The van der Waals surface area contributed by atoms with E-state index in [1.165, 1.54) is 6.42 Å². The summed E-state index contributed by atoms with van der Waals surface area (Å²) in [7, 11) is 1.56. The maximum absolute atomic E-state index is 5.79. The van der Waals surface area contributed by atoms with E-state index in [2.05, 4.69) is 9.97 Å². The predicted molar refractivity (Wildman–Crippen MR) is 59.4 cm³/mol. The van der Waals surface area contributed by atoms with Crippen LogP contribution in [0, 0.1) is 5.92 Å². The van der Waals surface area contributed by atoms with Gasteiger partial charge in [-0.15, -0.1) is 0 Å². The van der Waals surface area contributed by atoms with Crippen molar-refractivity contribution in [1.82, 2.24) is 9.97 Å². The molecule has 1 aliphatic rings. The zero-order chi connectivity index (χ0) is 11.4. The van der Waals surface area contributed by atoms with Crippen molar-refractivity contribution < 1.29 is 9.47 Å². The zero-order valence-electron chi connectivity index (χ0n) is 9.43. The van der Waals surface area contributed by atoms with Crippen LogP contribution in [0.25, 0.3) is 0 Å². The summed E-state index contributed by atoms with van der Waals surface area (Å²) in [5.74, 6) is 1.43. The van der Waals surface area contributed by atoms with Gasteiger partial charge >= 0.3 is 0 Å². The lowest BCUT2D eigenvalue weighted by Crippen LogP contribution is -2.28. The Bertz CT molecular complexity index is 346. The largest absolute Gasteiger partial charge is 0.480 e. The fraction of sp³-hybridized carbons (Fsp3) is 0.636. The highest BCUT2D eigenvalue weighted by molar-refractivity contribution is 5.13. The number of ether oxygens (including phenoxy) is 2. The Hall–Kier alpha value is -1.36. The van der Waals surface area contributed by atoms with Gasteiger partial charge in [0, 0.05) is 5.92 Å². The van der Waals surface area contributed by atoms with Crippen molar-refractivity contribution in [3.8, 4) is 11.8 Å². The first-order valence-electron chi connectivity index (χ1n) is 5.56. The van der Waals surface area contributed by atoms with E-state index in [4.69, 9.17) is 15.2 Å². The van der Waals surface area contributed by atoms with Crippen LogP contribution in [0.15, 0.2) is 12.4 Å². The molecule has 2 N–H and O–H groups in total. The molecule has 5 heteroatoms. The van der Waals surface area contributed by atoms with Gasteiger partial charge in [-0.3, -0.25) is 4.98 Å². The van der Waals surface area contributed by atoms with E-state index < -0.39 is 0 Å². The SMILES string of the molecule is COc1cncc(OC2CCCC2CN)n1. The second kappa shape index (κ2) is 5.12. The summed E-state index contributed by atoms with van der Waals surface area (Å²) in [6, 6.07) is 0. The predicted octanol–water partition coefficient (Wildman–Crippen LogP) is 0.991. The first-order chi connectivity index (χ1) is 7.83. The normalized spacial score (nSPS) is 24.4. The summed E-state index contributed by atoms with van der Waals surface area (Å²) >= 11 is 0. The van der Waals surface area contributed by atoms with Gasteiger partial charge in [0.2, 0.25) is 11.8 Å². The molecule has 0 radical (unpaired) electrons. The molecule has 0 aromatic carbocycles. The van der Waals surface area contributed by atoms with Gasteiger partial charge in [-0.2, -0.15) is 4.98 Å². The van der Waals surface area contributed by atoms with E-state index in [9.17, 15) is 0 Å². The van der Waals surface area contributed by atoms with Gasteiger partial charge in [-0.25, -0.2) is 0 Å². The molecule has 1 fully saturated rings. The lowest BCUT2D eigenvalue weighted by Gasteiger charge is -2.18. The van der Waals surface area contributed by atoms with Gasteiger partial charge in [0.25, 0.3) is 0 Å². The molecule has 5 nitrogen and oxygen atoms in total. The van der Waals surface area contributed by atoms with Crippen molar-refractivity contribution in [2.45, 2.75) is 25.4 Å². The third kappa shape index (κ3) is 2.41. The van der Waals surface area contributed by atoms with Crippen LogP contribution in [-0.4, -0.2) is 29.7 Å². The Labute approximate surface area is 95.0 Å². The van der Waals surface area contributed by atoms with Crippen molar-refractivity contribution in [3.05, 3.63) is 12.4 Å². The molecule has 16 heavy (non-hydrogen) atoms. The second-order valence-electron chi connectivity index (χ2n) is 3.98. The first-order valence-corrected chi connectivity index (χ1v) is 5.56. The van der Waals surface area contributed by atoms with Gasteiger partial charge in [-0.1, -0.05) is 0 Å². The molecule has 1 aliphatic carbocycles. The Morgan fingerprint density at radius 1 is 1.38 bits per heavy atom. The minimum atomic E-state index is 0.173. The quantitative estimate of drug-likeness (QED) is 0.824. The molecule has 1 aromatic rings. The molecule has 0 saturated heterocycles. The summed E-state index contributed by atoms with van der Waals surface area (Å²) in [5, 5.41) is 0. The highest BCUT2D eigenvalue weighted by atomic mass is 16.5. The molecule has 0 aliphatic heterocycles. The average molecular weight is 223 g/mol. The van der Waals surface area contributed by atoms with Crippen molar-refractivity contribution in [2.24, 2.45) is 11.7 Å². The Kier molecular flexibility index (Phi) is 3.56. The van der Waals surface area contributed by atoms with E-state index in [1.54, 1.807) is 19.5 Å². The van der Waals surface area contributed by atoms with Gasteiger partial charge in [0.1, 0.15) is 6.10 Å². The van der Waals surface area contributed by atoms with Crippen molar-refractivity contribution in [2.75, 3.05) is 13.7 Å². The highest BCUT2D eigenvalue weighted by Crippen LogP contribution is 2.28. The van der Waals surface area contributed by atoms with Crippen LogP contribution in [0.2, 0.25) is 0 Å². The molecule has 0 amide bonds. The molecular formula is C11H17N3O2. The van der Waals surface area contributed by atoms with Crippen LogP contribution in [0.5, 0.6) is 11.8 Å². The number of aromatic nitrogens is 2. The Balaban J connectivity index is 2.02. The minimum absolute atomic E-state index is 0.173. The smallest absolute Gasteiger partial charge is 0.235 e. The number of rotatable bonds is 4. The molecule has 2 unspecified atom stereocenters. The fourth-order valence-corrected chi connectivity index (χ4v) is 2.07. The van der Waals surface area contributed by atoms with Gasteiger partial charge in [-0.05, 0) is 25.8 Å². The first kappa shape index (κ1) is 11.1. The van der Waals surface area contributed by atoms with Crippen LogP contribution in [0.4, 0.5) is 0 Å². The van der Waals surface area contributed by atoms with Gasteiger partial charge < -0.3 is 15.2 Å². The molecule has 0 spiro atoms. The summed E-state index contributed by atoms with van der Waals surface area (Å²) in [6.07, 6.45) is 6.69. The van der Waals surface area contributed by atoms with Crippen LogP contribution < -0.4 is 15.2 Å². The van der Waals surface area contributed by atoms with E-state index in [-0.39, 0.29) is 6.10 Å². The number of nitrogens with two attached hydrogens (primary N) is 1. The van der Waals surface area contributed by atoms with Gasteiger partial charge in [0.05, 0.1) is 19.5 Å². The molecule has 1 heterocycles. The van der Waals surface area contributed by atoms with Crippen molar-refractivity contribution >= 4 is 0 Å². The van der Waals surface area contributed by atoms with Crippen LogP contribution in [0.3, 0.4) is 0 Å². The summed E-state index contributed by atoms with van der Waals surface area (Å²) < 4.78 is 10.8. The molecule has 1 aromatic heterocycles. The Morgan fingerprint density at radius 3 is 2.94 bits per heavy atom. The molecule has 2 rings (SSSR count). The van der Waals surface area contributed by atoms with E-state index >= 15 is 0 Å². The number of methoxy groups -OCH3 is 1. The fourth-order valence-electron chi connectivity index (χ4n) is 2.07. The Morgan fingerprint density at radius 2 is 2.19 bits per heavy atom. The number of hydrogen-bond donors (Lipinski definition) is 1. The second-order valence-corrected chi connectivity index (χ2v) is 3.98. The maximum Gasteiger partial charge on any atom is 0.235 e. The molecular weight excluding hydrogens is 206 g/mol. The minimum Gasteiger partial charge on any atom is -0.480 e. The monoisotopic (exact) mass is 223 g/mol. The van der Waals surface area contributed by atoms with Crippen LogP contribution in [0.1, 0.15) is 19.3 Å². The third-order valence-corrected chi connectivity index (χ3v) is 2.96. The summed E-state index contributed by atoms with van der Waals surface area (Å²) in [4.78, 5) is 8.18. The van der Waals surface area contributed by atoms with Gasteiger partial charge in [0.15, 0.2) is 0 Å². The lowest BCUT2D eigenvalue weighted by atomic mass is 10.1. The lowest BCUT2D eigenvalue weighted by molar-refractivity contribution is 0.153. The van der Waals surface area contributed by atoms with Crippen molar-refractivity contribution in [1.29, 1.82) is 0 Å². The molecule has 0 bridgehead atoms.